The van der Waals surface area contributed by atoms with E-state index in [0.29, 0.717) is 27.6 Å². The Bertz CT molecular complexity index is 671. The molecule has 0 aliphatic heterocycles. The first-order valence-corrected chi connectivity index (χ1v) is 6.62. The average Bonchev–Trinajstić information content (AvgIpc) is 2.49. The zero-order valence-electron chi connectivity index (χ0n) is 11.7. The third-order valence-electron chi connectivity index (χ3n) is 3.06. The van der Waals surface area contributed by atoms with Crippen molar-refractivity contribution in [2.75, 3.05) is 14.2 Å². The zero-order valence-corrected chi connectivity index (χ0v) is 12.4. The molecule has 0 unspecified atom stereocenters. The molecule has 0 N–H and O–H groups in total. The molecule has 0 atom stereocenters. The lowest BCUT2D eigenvalue weighted by Crippen LogP contribution is -2.07. The van der Waals surface area contributed by atoms with Crippen molar-refractivity contribution in [1.29, 1.82) is 0 Å². The van der Waals surface area contributed by atoms with E-state index < -0.39 is 5.82 Å². The Hall–Kier alpha value is -2.07. The van der Waals surface area contributed by atoms with Crippen molar-refractivity contribution < 1.29 is 18.7 Å². The fourth-order valence-electron chi connectivity index (χ4n) is 2.05. The van der Waals surface area contributed by atoms with E-state index in [-0.39, 0.29) is 12.2 Å². The van der Waals surface area contributed by atoms with Crippen LogP contribution in [0.5, 0.6) is 11.5 Å². The summed E-state index contributed by atoms with van der Waals surface area (Å²) >= 11 is 5.99. The van der Waals surface area contributed by atoms with Gasteiger partial charge in [-0.25, -0.2) is 4.39 Å². The number of carbonyl (C=O) groups excluding carboxylic acids is 1. The Balaban J connectivity index is 2.35. The van der Waals surface area contributed by atoms with E-state index in [1.54, 1.807) is 18.2 Å². The molecule has 110 valence electrons. The molecule has 0 aromatic heterocycles. The van der Waals surface area contributed by atoms with Crippen LogP contribution in [0.15, 0.2) is 36.4 Å². The molecule has 0 saturated heterocycles. The smallest absolute Gasteiger partial charge is 0.171 e. The second-order valence-electron chi connectivity index (χ2n) is 4.38. The summed E-state index contributed by atoms with van der Waals surface area (Å²) < 4.78 is 23.6. The van der Waals surface area contributed by atoms with Crippen molar-refractivity contribution in [3.63, 3.8) is 0 Å². The Morgan fingerprint density at radius 3 is 2.62 bits per heavy atom. The third kappa shape index (κ3) is 3.34. The number of rotatable bonds is 5. The van der Waals surface area contributed by atoms with E-state index in [4.69, 9.17) is 21.1 Å². The van der Waals surface area contributed by atoms with Gasteiger partial charge in [0.05, 0.1) is 19.8 Å². The van der Waals surface area contributed by atoms with Crippen LogP contribution in [0.2, 0.25) is 5.02 Å². The van der Waals surface area contributed by atoms with Crippen molar-refractivity contribution in [2.45, 2.75) is 6.42 Å². The normalized spacial score (nSPS) is 10.3. The standard InChI is InChI=1S/C16H14ClFO3/c1-20-15-5-3-4-12(16(15)21-2)14(19)9-10-8-11(18)6-7-13(10)17/h3-8H,9H2,1-2H3. The monoisotopic (exact) mass is 308 g/mol. The molecule has 5 heteroatoms. The lowest BCUT2D eigenvalue weighted by Gasteiger charge is -2.12. The van der Waals surface area contributed by atoms with Crippen molar-refractivity contribution in [1.82, 2.24) is 0 Å². The topological polar surface area (TPSA) is 35.5 Å². The minimum absolute atomic E-state index is 0.0138. The van der Waals surface area contributed by atoms with Crippen LogP contribution < -0.4 is 9.47 Å². The molecule has 0 heterocycles. The van der Waals surface area contributed by atoms with Crippen molar-refractivity contribution in [3.8, 4) is 11.5 Å². The van der Waals surface area contributed by atoms with Crippen LogP contribution in [0.1, 0.15) is 15.9 Å². The highest BCUT2D eigenvalue weighted by Gasteiger charge is 2.17. The van der Waals surface area contributed by atoms with Crippen molar-refractivity contribution in [2.24, 2.45) is 0 Å². The summed E-state index contributed by atoms with van der Waals surface area (Å²) in [6.07, 6.45) is -0.0138. The SMILES string of the molecule is COc1cccc(C(=O)Cc2cc(F)ccc2Cl)c1OC. The summed E-state index contributed by atoms with van der Waals surface area (Å²) in [6.45, 7) is 0. The number of hydrogen-bond acceptors (Lipinski definition) is 3. The first-order chi connectivity index (χ1) is 10.1. The van der Waals surface area contributed by atoms with Crippen LogP contribution in [0.25, 0.3) is 0 Å². The zero-order chi connectivity index (χ0) is 15.4. The molecule has 2 aromatic rings. The second-order valence-corrected chi connectivity index (χ2v) is 4.78. The van der Waals surface area contributed by atoms with E-state index in [1.165, 1.54) is 32.4 Å². The fourth-order valence-corrected chi connectivity index (χ4v) is 2.24. The summed E-state index contributed by atoms with van der Waals surface area (Å²) in [4.78, 5) is 12.4. The Morgan fingerprint density at radius 2 is 1.95 bits per heavy atom. The van der Waals surface area contributed by atoms with Gasteiger partial charge in [0.25, 0.3) is 0 Å². The van der Waals surface area contributed by atoms with Gasteiger partial charge in [0.2, 0.25) is 0 Å². The molecule has 0 amide bonds. The van der Waals surface area contributed by atoms with Gasteiger partial charge in [0, 0.05) is 11.4 Å². The molecule has 21 heavy (non-hydrogen) atoms. The van der Waals surface area contributed by atoms with Gasteiger partial charge in [-0.1, -0.05) is 17.7 Å². The van der Waals surface area contributed by atoms with Crippen LogP contribution in [0.4, 0.5) is 4.39 Å². The number of ketones is 1. The molecular weight excluding hydrogens is 295 g/mol. The number of hydrogen-bond donors (Lipinski definition) is 0. The second kappa shape index (κ2) is 6.59. The van der Waals surface area contributed by atoms with E-state index in [9.17, 15) is 9.18 Å². The minimum Gasteiger partial charge on any atom is -0.493 e. The van der Waals surface area contributed by atoms with Gasteiger partial charge >= 0.3 is 0 Å². The Kier molecular flexibility index (Phi) is 4.81. The summed E-state index contributed by atoms with van der Waals surface area (Å²) in [7, 11) is 2.96. The van der Waals surface area contributed by atoms with E-state index >= 15 is 0 Å². The largest absolute Gasteiger partial charge is 0.493 e. The highest BCUT2D eigenvalue weighted by atomic mass is 35.5. The summed E-state index contributed by atoms with van der Waals surface area (Å²) in [5.41, 5.74) is 0.809. The molecule has 0 aliphatic rings. The number of Topliss-reactive ketones (excluding diaryl/α,β-unsaturated/α-hetero) is 1. The lowest BCUT2D eigenvalue weighted by molar-refractivity contribution is 0.0989. The van der Waals surface area contributed by atoms with Gasteiger partial charge in [-0.15, -0.1) is 0 Å². The number of carbonyl (C=O) groups is 1. The molecule has 0 radical (unpaired) electrons. The first kappa shape index (κ1) is 15.3. The predicted octanol–water partition coefficient (Wildman–Crippen LogP) is 3.92. The van der Waals surface area contributed by atoms with Gasteiger partial charge in [-0.05, 0) is 35.9 Å². The maximum absolute atomic E-state index is 13.2. The highest BCUT2D eigenvalue weighted by Crippen LogP contribution is 2.32. The molecule has 0 aliphatic carbocycles. The molecule has 3 nitrogen and oxygen atoms in total. The third-order valence-corrected chi connectivity index (χ3v) is 3.43. The van der Waals surface area contributed by atoms with Gasteiger partial charge in [-0.3, -0.25) is 4.79 Å². The molecule has 0 fully saturated rings. The van der Waals surface area contributed by atoms with Gasteiger partial charge in [0.15, 0.2) is 17.3 Å². The molecule has 0 spiro atoms. The summed E-state index contributed by atoms with van der Waals surface area (Å²) in [5, 5.41) is 0.353. The Morgan fingerprint density at radius 1 is 1.19 bits per heavy atom. The number of benzene rings is 2. The maximum atomic E-state index is 13.2. The predicted molar refractivity (Wildman–Crippen MR) is 79.0 cm³/mol. The summed E-state index contributed by atoms with van der Waals surface area (Å²) in [6, 6.07) is 8.97. The summed E-state index contributed by atoms with van der Waals surface area (Å²) in [5.74, 6) is 0.171. The maximum Gasteiger partial charge on any atom is 0.171 e. The van der Waals surface area contributed by atoms with Crippen LogP contribution >= 0.6 is 11.6 Å². The van der Waals surface area contributed by atoms with Gasteiger partial charge < -0.3 is 9.47 Å². The van der Waals surface area contributed by atoms with Gasteiger partial charge in [0.1, 0.15) is 5.82 Å². The van der Waals surface area contributed by atoms with E-state index in [2.05, 4.69) is 0 Å². The fraction of sp³-hybridized carbons (Fsp3) is 0.188. The molecule has 0 saturated carbocycles. The quantitative estimate of drug-likeness (QED) is 0.785. The van der Waals surface area contributed by atoms with Crippen LogP contribution in [0, 0.1) is 5.82 Å². The van der Waals surface area contributed by atoms with Crippen LogP contribution in [-0.4, -0.2) is 20.0 Å². The van der Waals surface area contributed by atoms with Crippen LogP contribution in [0.3, 0.4) is 0 Å². The van der Waals surface area contributed by atoms with E-state index in [0.717, 1.165) is 0 Å². The molecule has 2 rings (SSSR count). The van der Waals surface area contributed by atoms with Crippen LogP contribution in [-0.2, 0) is 6.42 Å². The van der Waals surface area contributed by atoms with Crippen molar-refractivity contribution >= 4 is 17.4 Å². The number of methoxy groups -OCH3 is 2. The van der Waals surface area contributed by atoms with Crippen molar-refractivity contribution in [3.05, 3.63) is 58.4 Å². The first-order valence-electron chi connectivity index (χ1n) is 6.25. The average molecular weight is 309 g/mol. The Labute approximate surface area is 127 Å². The van der Waals surface area contributed by atoms with E-state index in [1.807, 2.05) is 0 Å². The number of para-hydroxylation sites is 1. The molecule has 2 aromatic carbocycles. The molecular formula is C16H14ClFO3. The molecule has 0 bridgehead atoms. The minimum atomic E-state index is -0.431. The highest BCUT2D eigenvalue weighted by molar-refractivity contribution is 6.31. The van der Waals surface area contributed by atoms with Gasteiger partial charge in [-0.2, -0.15) is 0 Å². The number of halogens is 2. The number of ether oxygens (including phenoxy) is 2. The lowest BCUT2D eigenvalue weighted by atomic mass is 10.0.